The monoisotopic (exact) mass is 224 g/mol. The van der Waals surface area contributed by atoms with Crippen molar-refractivity contribution in [2.45, 2.75) is 10.5 Å². The number of hydrogen-bond acceptors (Lipinski definition) is 3. The molecule has 70 valence electrons. The summed E-state index contributed by atoms with van der Waals surface area (Å²) in [7, 11) is 0. The summed E-state index contributed by atoms with van der Waals surface area (Å²) >= 11 is 1.06. The summed E-state index contributed by atoms with van der Waals surface area (Å²) < 4.78 is 37.5. The topological polar surface area (TPSA) is 17.3 Å². The highest BCUT2D eigenvalue weighted by atomic mass is 32.2. The SMILES string of the molecule is FC(F)(F)Sc1ncn2ccsc12. The second-order valence-electron chi connectivity index (χ2n) is 2.21. The lowest BCUT2D eigenvalue weighted by atomic mass is 10.9. The molecular formula is C6H3F3N2S2. The molecule has 0 atom stereocenters. The third kappa shape index (κ3) is 1.80. The molecule has 0 radical (unpaired) electrons. The predicted octanol–water partition coefficient (Wildman–Crippen LogP) is 3.01. The standard InChI is InChI=1S/C6H3F3N2S2/c7-6(8,9)13-4-5-11(3-10-4)1-2-12-5/h1-3H. The van der Waals surface area contributed by atoms with Crippen LogP contribution < -0.4 is 0 Å². The van der Waals surface area contributed by atoms with Crippen molar-refractivity contribution in [3.8, 4) is 0 Å². The quantitative estimate of drug-likeness (QED) is 0.693. The van der Waals surface area contributed by atoms with Crippen molar-refractivity contribution in [2.24, 2.45) is 0 Å². The van der Waals surface area contributed by atoms with E-state index < -0.39 is 5.51 Å². The zero-order valence-electron chi connectivity index (χ0n) is 6.08. The number of rotatable bonds is 1. The van der Waals surface area contributed by atoms with Crippen LogP contribution >= 0.6 is 23.1 Å². The van der Waals surface area contributed by atoms with E-state index in [9.17, 15) is 13.2 Å². The molecule has 0 amide bonds. The molecule has 0 aromatic carbocycles. The molecule has 0 fully saturated rings. The van der Waals surface area contributed by atoms with Gasteiger partial charge in [0, 0.05) is 23.3 Å². The maximum atomic E-state index is 12.0. The Balaban J connectivity index is 2.38. The highest BCUT2D eigenvalue weighted by Gasteiger charge is 2.31. The molecule has 0 aliphatic heterocycles. The maximum Gasteiger partial charge on any atom is 0.447 e. The first-order chi connectivity index (χ1) is 6.06. The van der Waals surface area contributed by atoms with Crippen LogP contribution in [-0.2, 0) is 0 Å². The van der Waals surface area contributed by atoms with Crippen LogP contribution in [-0.4, -0.2) is 14.9 Å². The Morgan fingerprint density at radius 3 is 2.92 bits per heavy atom. The van der Waals surface area contributed by atoms with Crippen LogP contribution in [0.1, 0.15) is 0 Å². The van der Waals surface area contributed by atoms with Crippen molar-refractivity contribution in [3.63, 3.8) is 0 Å². The highest BCUT2D eigenvalue weighted by Crippen LogP contribution is 2.38. The van der Waals surface area contributed by atoms with Crippen LogP contribution in [0.3, 0.4) is 0 Å². The van der Waals surface area contributed by atoms with E-state index in [4.69, 9.17) is 0 Å². The Kier molecular flexibility index (Phi) is 1.99. The largest absolute Gasteiger partial charge is 0.447 e. The fourth-order valence-corrected chi connectivity index (χ4v) is 2.38. The third-order valence-electron chi connectivity index (χ3n) is 1.33. The smallest absolute Gasteiger partial charge is 0.296 e. The minimum atomic E-state index is -4.27. The van der Waals surface area contributed by atoms with Crippen LogP contribution in [0.15, 0.2) is 22.9 Å². The summed E-state index contributed by atoms with van der Waals surface area (Å²) in [6.45, 7) is 0. The lowest BCUT2D eigenvalue weighted by Gasteiger charge is -2.00. The molecule has 0 bridgehead atoms. The molecule has 0 aliphatic carbocycles. The number of nitrogens with zero attached hydrogens (tertiary/aromatic N) is 2. The molecule has 2 heterocycles. The average molecular weight is 224 g/mol. The number of fused-ring (bicyclic) bond motifs is 1. The number of aromatic nitrogens is 2. The van der Waals surface area contributed by atoms with Gasteiger partial charge >= 0.3 is 5.51 Å². The van der Waals surface area contributed by atoms with E-state index in [0.717, 1.165) is 0 Å². The summed E-state index contributed by atoms with van der Waals surface area (Å²) in [4.78, 5) is 4.19. The number of hydrogen-bond donors (Lipinski definition) is 0. The van der Waals surface area contributed by atoms with E-state index >= 15 is 0 Å². The predicted molar refractivity (Wildman–Crippen MR) is 45.0 cm³/mol. The molecule has 0 saturated heterocycles. The molecule has 0 N–H and O–H groups in total. The Morgan fingerprint density at radius 1 is 1.46 bits per heavy atom. The third-order valence-corrected chi connectivity index (χ3v) is 3.07. The fourth-order valence-electron chi connectivity index (χ4n) is 0.890. The molecule has 2 aromatic rings. The lowest BCUT2D eigenvalue weighted by Crippen LogP contribution is -1.98. The molecule has 0 saturated carbocycles. The van der Waals surface area contributed by atoms with Gasteiger partial charge in [-0.1, -0.05) is 0 Å². The van der Waals surface area contributed by atoms with E-state index in [1.807, 2.05) is 0 Å². The van der Waals surface area contributed by atoms with Crippen molar-refractivity contribution < 1.29 is 13.2 Å². The van der Waals surface area contributed by atoms with Crippen molar-refractivity contribution >= 4 is 27.9 Å². The van der Waals surface area contributed by atoms with E-state index in [-0.39, 0.29) is 16.8 Å². The summed E-state index contributed by atoms with van der Waals surface area (Å²) in [6, 6.07) is 0. The first kappa shape index (κ1) is 8.89. The van der Waals surface area contributed by atoms with Gasteiger partial charge in [-0.25, -0.2) is 4.98 Å². The van der Waals surface area contributed by atoms with Crippen LogP contribution in [0.2, 0.25) is 0 Å². The van der Waals surface area contributed by atoms with Crippen LogP contribution in [0.5, 0.6) is 0 Å². The van der Waals surface area contributed by atoms with E-state index in [1.165, 1.54) is 17.7 Å². The van der Waals surface area contributed by atoms with Gasteiger partial charge in [0.2, 0.25) is 0 Å². The number of thioether (sulfide) groups is 1. The molecule has 0 unspecified atom stereocenters. The highest BCUT2D eigenvalue weighted by molar-refractivity contribution is 8.00. The summed E-state index contributed by atoms with van der Waals surface area (Å²) in [5.41, 5.74) is -4.27. The second-order valence-corrected chi connectivity index (χ2v) is 4.16. The van der Waals surface area contributed by atoms with Crippen LogP contribution in [0.25, 0.3) is 4.83 Å². The average Bonchev–Trinajstić information content (AvgIpc) is 2.50. The number of alkyl halides is 3. The zero-order chi connectivity index (χ0) is 9.47. The Bertz CT molecular complexity index is 417. The normalized spacial score (nSPS) is 12.5. The molecule has 0 aliphatic rings. The maximum absolute atomic E-state index is 12.0. The first-order valence-electron chi connectivity index (χ1n) is 3.22. The van der Waals surface area contributed by atoms with Crippen LogP contribution in [0, 0.1) is 0 Å². The van der Waals surface area contributed by atoms with Gasteiger partial charge in [-0.2, -0.15) is 13.2 Å². The summed E-state index contributed by atoms with van der Waals surface area (Å²) in [6.07, 6.45) is 3.05. The van der Waals surface area contributed by atoms with Gasteiger partial charge in [0.1, 0.15) is 16.2 Å². The van der Waals surface area contributed by atoms with Gasteiger partial charge in [0.15, 0.2) is 0 Å². The summed E-state index contributed by atoms with van der Waals surface area (Å²) in [5.74, 6) is 0. The van der Waals surface area contributed by atoms with E-state index in [2.05, 4.69) is 4.98 Å². The molecule has 2 aromatic heterocycles. The fraction of sp³-hybridized carbons (Fsp3) is 0.167. The van der Waals surface area contributed by atoms with Gasteiger partial charge in [0.05, 0.1) is 0 Å². The molecule has 13 heavy (non-hydrogen) atoms. The summed E-state index contributed by atoms with van der Waals surface area (Å²) in [5, 5.41) is 1.74. The Morgan fingerprint density at radius 2 is 2.23 bits per heavy atom. The van der Waals surface area contributed by atoms with Crippen molar-refractivity contribution in [2.75, 3.05) is 0 Å². The van der Waals surface area contributed by atoms with Crippen molar-refractivity contribution in [3.05, 3.63) is 17.9 Å². The second kappa shape index (κ2) is 2.91. The number of imidazole rings is 1. The van der Waals surface area contributed by atoms with Crippen molar-refractivity contribution in [1.82, 2.24) is 9.38 Å². The van der Waals surface area contributed by atoms with E-state index in [0.29, 0.717) is 4.83 Å². The molecule has 7 heteroatoms. The minimum Gasteiger partial charge on any atom is -0.296 e. The Labute approximate surface area is 79.4 Å². The van der Waals surface area contributed by atoms with Gasteiger partial charge in [-0.3, -0.25) is 4.40 Å². The van der Waals surface area contributed by atoms with Gasteiger partial charge in [-0.15, -0.1) is 11.3 Å². The molecular weight excluding hydrogens is 221 g/mol. The number of halogens is 3. The Hall–Kier alpha value is -0.690. The van der Waals surface area contributed by atoms with Gasteiger partial charge < -0.3 is 0 Å². The molecule has 2 rings (SSSR count). The number of thiazole rings is 1. The van der Waals surface area contributed by atoms with E-state index in [1.54, 1.807) is 16.0 Å². The molecule has 0 spiro atoms. The lowest BCUT2D eigenvalue weighted by molar-refractivity contribution is -0.0328. The first-order valence-corrected chi connectivity index (χ1v) is 4.92. The van der Waals surface area contributed by atoms with Gasteiger partial charge in [0.25, 0.3) is 0 Å². The van der Waals surface area contributed by atoms with Gasteiger partial charge in [-0.05, 0) is 0 Å². The zero-order valence-corrected chi connectivity index (χ0v) is 7.71. The molecule has 2 nitrogen and oxygen atoms in total. The minimum absolute atomic E-state index is 0.0162. The van der Waals surface area contributed by atoms with Crippen LogP contribution in [0.4, 0.5) is 13.2 Å². The van der Waals surface area contributed by atoms with Crippen molar-refractivity contribution in [1.29, 1.82) is 0 Å².